The van der Waals surface area contributed by atoms with Crippen molar-refractivity contribution in [2.24, 2.45) is 0 Å². The van der Waals surface area contributed by atoms with Crippen molar-refractivity contribution in [3.63, 3.8) is 0 Å². The van der Waals surface area contributed by atoms with Gasteiger partial charge in [-0.2, -0.15) is 0 Å². The van der Waals surface area contributed by atoms with Crippen molar-refractivity contribution < 1.29 is 14.3 Å². The normalized spacial score (nSPS) is 15.8. The van der Waals surface area contributed by atoms with Crippen molar-refractivity contribution in [3.8, 4) is 11.5 Å². The van der Waals surface area contributed by atoms with Crippen LogP contribution in [0.15, 0.2) is 30.6 Å². The highest BCUT2D eigenvalue weighted by Crippen LogP contribution is 2.33. The number of carbonyl (C=O) groups excluding carboxylic acids is 1. The second-order valence-electron chi connectivity index (χ2n) is 5.53. The minimum absolute atomic E-state index is 0.127. The topological polar surface area (TPSA) is 85.4 Å². The van der Waals surface area contributed by atoms with E-state index in [2.05, 4.69) is 20.6 Å². The molecular formula is C16H16N4O3. The van der Waals surface area contributed by atoms with Crippen molar-refractivity contribution >= 4 is 17.5 Å². The number of ether oxygens (including phenoxy) is 2. The van der Waals surface area contributed by atoms with E-state index in [0.717, 1.165) is 24.3 Å². The first-order valence-corrected chi connectivity index (χ1v) is 7.57. The fraction of sp³-hybridized carbons (Fsp3) is 0.312. The Balaban J connectivity index is 1.45. The number of nitrogens with one attached hydrogen (secondary N) is 2. The van der Waals surface area contributed by atoms with Gasteiger partial charge < -0.3 is 20.1 Å². The summed E-state index contributed by atoms with van der Waals surface area (Å²) in [5.74, 6) is 1.72. The summed E-state index contributed by atoms with van der Waals surface area (Å²) in [4.78, 5) is 20.2. The van der Waals surface area contributed by atoms with Gasteiger partial charge in [-0.1, -0.05) is 0 Å². The van der Waals surface area contributed by atoms with Crippen molar-refractivity contribution in [2.75, 3.05) is 18.5 Å². The first kappa shape index (κ1) is 13.8. The molecular weight excluding hydrogens is 296 g/mol. The number of aromatic nitrogens is 2. The van der Waals surface area contributed by atoms with Crippen LogP contribution in [0.25, 0.3) is 0 Å². The molecule has 1 amide bonds. The largest absolute Gasteiger partial charge is 0.486 e. The standard InChI is InChI=1S/C16H16N4O3/c21-15(19-11-1-2-11)10-8-17-16(18-9-10)20-12-3-4-13-14(7-12)23-6-5-22-13/h3-4,7-9,11H,1-2,5-6H2,(H,19,21)(H,17,18,20). The summed E-state index contributed by atoms with van der Waals surface area (Å²) in [6.07, 6.45) is 5.14. The fourth-order valence-corrected chi connectivity index (χ4v) is 2.26. The molecule has 0 unspecified atom stereocenters. The molecule has 1 aromatic carbocycles. The van der Waals surface area contributed by atoms with Gasteiger partial charge in [-0.05, 0) is 25.0 Å². The third-order valence-electron chi connectivity index (χ3n) is 3.62. The summed E-state index contributed by atoms with van der Waals surface area (Å²) in [6.45, 7) is 1.10. The molecule has 2 aromatic rings. The van der Waals surface area contributed by atoms with Crippen LogP contribution in [-0.4, -0.2) is 35.1 Å². The van der Waals surface area contributed by atoms with Crippen LogP contribution in [0.4, 0.5) is 11.6 Å². The monoisotopic (exact) mass is 312 g/mol. The van der Waals surface area contributed by atoms with E-state index in [4.69, 9.17) is 9.47 Å². The van der Waals surface area contributed by atoms with Gasteiger partial charge in [-0.3, -0.25) is 4.79 Å². The smallest absolute Gasteiger partial charge is 0.254 e. The molecule has 1 aliphatic heterocycles. The van der Waals surface area contributed by atoms with E-state index in [9.17, 15) is 4.79 Å². The zero-order chi connectivity index (χ0) is 15.6. The molecule has 0 atom stereocenters. The molecule has 0 radical (unpaired) electrons. The van der Waals surface area contributed by atoms with Crippen LogP contribution in [0.1, 0.15) is 23.2 Å². The first-order chi connectivity index (χ1) is 11.3. The molecule has 7 heteroatoms. The number of benzene rings is 1. The number of amides is 1. The maximum Gasteiger partial charge on any atom is 0.254 e. The van der Waals surface area contributed by atoms with Crippen molar-refractivity contribution in [1.29, 1.82) is 0 Å². The molecule has 2 N–H and O–H groups in total. The highest BCUT2D eigenvalue weighted by atomic mass is 16.6. The molecule has 23 heavy (non-hydrogen) atoms. The van der Waals surface area contributed by atoms with E-state index in [1.54, 1.807) is 0 Å². The van der Waals surface area contributed by atoms with Gasteiger partial charge >= 0.3 is 0 Å². The van der Waals surface area contributed by atoms with Crippen LogP contribution >= 0.6 is 0 Å². The number of hydrogen-bond donors (Lipinski definition) is 2. The van der Waals surface area contributed by atoms with Crippen LogP contribution in [0.3, 0.4) is 0 Å². The Hall–Kier alpha value is -2.83. The van der Waals surface area contributed by atoms with Gasteiger partial charge in [0.2, 0.25) is 5.95 Å². The maximum absolute atomic E-state index is 11.9. The number of hydrogen-bond acceptors (Lipinski definition) is 6. The lowest BCUT2D eigenvalue weighted by atomic mass is 10.2. The second-order valence-corrected chi connectivity index (χ2v) is 5.53. The Morgan fingerprint density at radius 1 is 1.09 bits per heavy atom. The van der Waals surface area contributed by atoms with E-state index < -0.39 is 0 Å². The van der Waals surface area contributed by atoms with Gasteiger partial charge in [-0.25, -0.2) is 9.97 Å². The van der Waals surface area contributed by atoms with E-state index >= 15 is 0 Å². The van der Waals surface area contributed by atoms with E-state index in [1.807, 2.05) is 18.2 Å². The molecule has 118 valence electrons. The molecule has 1 aromatic heterocycles. The summed E-state index contributed by atoms with van der Waals surface area (Å²) in [7, 11) is 0. The molecule has 1 aliphatic carbocycles. The lowest BCUT2D eigenvalue weighted by Gasteiger charge is -2.18. The van der Waals surface area contributed by atoms with Crippen molar-refractivity contribution in [2.45, 2.75) is 18.9 Å². The maximum atomic E-state index is 11.9. The molecule has 0 spiro atoms. The molecule has 2 heterocycles. The number of nitrogens with zero attached hydrogens (tertiary/aromatic N) is 2. The summed E-state index contributed by atoms with van der Waals surface area (Å²) >= 11 is 0. The Morgan fingerprint density at radius 3 is 2.57 bits per heavy atom. The number of fused-ring (bicyclic) bond motifs is 1. The van der Waals surface area contributed by atoms with E-state index in [1.165, 1.54) is 12.4 Å². The molecule has 2 aliphatic rings. The van der Waals surface area contributed by atoms with E-state index in [0.29, 0.717) is 36.5 Å². The van der Waals surface area contributed by atoms with Gasteiger partial charge in [0.1, 0.15) is 13.2 Å². The van der Waals surface area contributed by atoms with Crippen LogP contribution in [-0.2, 0) is 0 Å². The molecule has 0 bridgehead atoms. The fourth-order valence-electron chi connectivity index (χ4n) is 2.26. The second kappa shape index (κ2) is 5.75. The average molecular weight is 312 g/mol. The number of rotatable bonds is 4. The molecule has 0 saturated heterocycles. The average Bonchev–Trinajstić information content (AvgIpc) is 3.39. The van der Waals surface area contributed by atoms with Crippen LogP contribution in [0, 0.1) is 0 Å². The Kier molecular flexibility index (Phi) is 3.45. The van der Waals surface area contributed by atoms with E-state index in [-0.39, 0.29) is 5.91 Å². The zero-order valence-electron chi connectivity index (χ0n) is 12.4. The third kappa shape index (κ3) is 3.18. The van der Waals surface area contributed by atoms with Crippen molar-refractivity contribution in [3.05, 3.63) is 36.2 Å². The van der Waals surface area contributed by atoms with Gasteiger partial charge in [-0.15, -0.1) is 0 Å². The van der Waals surface area contributed by atoms with Gasteiger partial charge in [0.15, 0.2) is 11.5 Å². The van der Waals surface area contributed by atoms with Crippen LogP contribution in [0.5, 0.6) is 11.5 Å². The zero-order valence-corrected chi connectivity index (χ0v) is 12.4. The predicted octanol–water partition coefficient (Wildman–Crippen LogP) is 1.88. The minimum Gasteiger partial charge on any atom is -0.486 e. The lowest BCUT2D eigenvalue weighted by Crippen LogP contribution is -2.25. The highest BCUT2D eigenvalue weighted by Gasteiger charge is 2.24. The number of anilines is 2. The summed E-state index contributed by atoms with van der Waals surface area (Å²) in [5.41, 5.74) is 1.26. The molecule has 1 saturated carbocycles. The predicted molar refractivity (Wildman–Crippen MR) is 83.2 cm³/mol. The van der Waals surface area contributed by atoms with Crippen LogP contribution in [0.2, 0.25) is 0 Å². The van der Waals surface area contributed by atoms with Crippen molar-refractivity contribution in [1.82, 2.24) is 15.3 Å². The summed E-state index contributed by atoms with van der Waals surface area (Å²) in [6, 6.07) is 5.86. The Labute approximate surface area is 133 Å². The Morgan fingerprint density at radius 2 is 1.83 bits per heavy atom. The lowest BCUT2D eigenvalue weighted by molar-refractivity contribution is 0.0950. The quantitative estimate of drug-likeness (QED) is 0.896. The summed E-state index contributed by atoms with van der Waals surface area (Å²) < 4.78 is 11.0. The van der Waals surface area contributed by atoms with Gasteiger partial charge in [0, 0.05) is 30.2 Å². The summed E-state index contributed by atoms with van der Waals surface area (Å²) in [5, 5.41) is 5.99. The first-order valence-electron chi connectivity index (χ1n) is 7.57. The number of carbonyl (C=O) groups is 1. The molecule has 7 nitrogen and oxygen atoms in total. The SMILES string of the molecule is O=C(NC1CC1)c1cnc(Nc2ccc3c(c2)OCCO3)nc1. The third-order valence-corrected chi connectivity index (χ3v) is 3.62. The molecule has 4 rings (SSSR count). The minimum atomic E-state index is -0.127. The highest BCUT2D eigenvalue weighted by molar-refractivity contribution is 5.94. The van der Waals surface area contributed by atoms with Crippen LogP contribution < -0.4 is 20.1 Å². The Bertz CT molecular complexity index is 729. The van der Waals surface area contributed by atoms with Gasteiger partial charge in [0.25, 0.3) is 5.91 Å². The molecule has 1 fully saturated rings. The van der Waals surface area contributed by atoms with Gasteiger partial charge in [0.05, 0.1) is 5.56 Å².